The van der Waals surface area contributed by atoms with Crippen LogP contribution >= 0.6 is 15.9 Å². The molecule has 0 atom stereocenters. The highest BCUT2D eigenvalue weighted by molar-refractivity contribution is 9.10. The van der Waals surface area contributed by atoms with E-state index in [4.69, 9.17) is 5.11 Å². The van der Waals surface area contributed by atoms with Gasteiger partial charge >= 0.3 is 0 Å². The van der Waals surface area contributed by atoms with E-state index in [1.54, 1.807) is 18.3 Å². The number of nitrogens with zero attached hydrogens (tertiary/aromatic N) is 2. The highest BCUT2D eigenvalue weighted by Crippen LogP contribution is 2.11. The van der Waals surface area contributed by atoms with Gasteiger partial charge in [0.25, 0.3) is 5.91 Å². The predicted molar refractivity (Wildman–Crippen MR) is 88.3 cm³/mol. The molecule has 0 aliphatic heterocycles. The number of carbonyl (C=O) groups is 1. The highest BCUT2D eigenvalue weighted by Gasteiger charge is 2.15. The summed E-state index contributed by atoms with van der Waals surface area (Å²) in [4.78, 5) is 18.4. The number of halogens is 1. The molecule has 0 bridgehead atoms. The summed E-state index contributed by atoms with van der Waals surface area (Å²) >= 11 is 3.27. The zero-order valence-electron chi connectivity index (χ0n) is 12.7. The van der Waals surface area contributed by atoms with Crippen molar-refractivity contribution in [3.63, 3.8) is 0 Å². The van der Waals surface area contributed by atoms with Crippen LogP contribution in [0.15, 0.2) is 22.9 Å². The Balaban J connectivity index is 2.54. The van der Waals surface area contributed by atoms with E-state index in [0.717, 1.165) is 24.0 Å². The van der Waals surface area contributed by atoms with Crippen LogP contribution in [0.5, 0.6) is 0 Å². The van der Waals surface area contributed by atoms with Gasteiger partial charge in [0.05, 0.1) is 5.56 Å². The molecule has 1 rings (SSSR count). The molecule has 5 heteroatoms. The lowest BCUT2D eigenvalue weighted by Crippen LogP contribution is -2.33. The first-order valence-corrected chi connectivity index (χ1v) is 8.50. The number of aliphatic hydroxyl groups excluding tert-OH is 1. The van der Waals surface area contributed by atoms with Crippen molar-refractivity contribution in [1.29, 1.82) is 0 Å². The largest absolute Gasteiger partial charge is 0.396 e. The molecule has 21 heavy (non-hydrogen) atoms. The second-order valence-electron chi connectivity index (χ2n) is 5.15. The minimum Gasteiger partial charge on any atom is -0.396 e. The number of carbonyl (C=O) groups excluding carboxylic acids is 1. The number of unbranched alkanes of at least 4 members (excludes halogenated alkanes) is 4. The molecule has 0 fully saturated rings. The van der Waals surface area contributed by atoms with Crippen LogP contribution in [-0.2, 0) is 0 Å². The summed E-state index contributed by atoms with van der Waals surface area (Å²) in [6.07, 6.45) is 8.06. The number of hydrogen-bond acceptors (Lipinski definition) is 3. The molecule has 1 aromatic heterocycles. The van der Waals surface area contributed by atoms with E-state index in [9.17, 15) is 4.79 Å². The van der Waals surface area contributed by atoms with Crippen LogP contribution in [0, 0.1) is 0 Å². The lowest BCUT2D eigenvalue weighted by atomic mass is 10.1. The van der Waals surface area contributed by atoms with Crippen LogP contribution in [0.4, 0.5) is 0 Å². The van der Waals surface area contributed by atoms with Crippen molar-refractivity contribution in [3.05, 3.63) is 28.5 Å². The first-order valence-electron chi connectivity index (χ1n) is 7.70. The molecule has 1 N–H and O–H groups in total. The van der Waals surface area contributed by atoms with E-state index >= 15 is 0 Å². The van der Waals surface area contributed by atoms with E-state index < -0.39 is 0 Å². The number of pyridine rings is 1. The molecule has 0 saturated heterocycles. The van der Waals surface area contributed by atoms with Crippen LogP contribution in [0.25, 0.3) is 0 Å². The summed E-state index contributed by atoms with van der Waals surface area (Å²) in [7, 11) is 0. The predicted octanol–water partition coefficient (Wildman–Crippen LogP) is 3.64. The summed E-state index contributed by atoms with van der Waals surface area (Å²) in [6.45, 7) is 3.65. The third kappa shape index (κ3) is 7.05. The van der Waals surface area contributed by atoms with E-state index in [2.05, 4.69) is 27.8 Å². The van der Waals surface area contributed by atoms with Crippen LogP contribution in [-0.4, -0.2) is 40.6 Å². The number of amides is 1. The van der Waals surface area contributed by atoms with E-state index in [-0.39, 0.29) is 12.5 Å². The molecular formula is C16H25BrN2O2. The highest BCUT2D eigenvalue weighted by atomic mass is 79.9. The Hall–Kier alpha value is -0.940. The van der Waals surface area contributed by atoms with Crippen molar-refractivity contribution in [2.24, 2.45) is 0 Å². The smallest absolute Gasteiger partial charge is 0.255 e. The van der Waals surface area contributed by atoms with Crippen LogP contribution in [0.1, 0.15) is 55.8 Å². The lowest BCUT2D eigenvalue weighted by molar-refractivity contribution is 0.0741. The molecule has 0 aromatic carbocycles. The van der Waals surface area contributed by atoms with E-state index in [0.29, 0.717) is 18.5 Å². The van der Waals surface area contributed by atoms with Gasteiger partial charge in [0.15, 0.2) is 0 Å². The average molecular weight is 357 g/mol. The number of aromatic nitrogens is 1. The van der Waals surface area contributed by atoms with Gasteiger partial charge in [0.1, 0.15) is 4.60 Å². The summed E-state index contributed by atoms with van der Waals surface area (Å²) in [5.74, 6) is -0.000980. The van der Waals surface area contributed by atoms with Crippen molar-refractivity contribution in [2.75, 3.05) is 19.7 Å². The summed E-state index contributed by atoms with van der Waals surface area (Å²) < 4.78 is 0.723. The maximum Gasteiger partial charge on any atom is 0.255 e. The van der Waals surface area contributed by atoms with Gasteiger partial charge in [0.2, 0.25) is 0 Å². The summed E-state index contributed by atoms with van der Waals surface area (Å²) in [5.41, 5.74) is 0.602. The van der Waals surface area contributed by atoms with Gasteiger partial charge in [0, 0.05) is 25.9 Å². The van der Waals surface area contributed by atoms with Crippen molar-refractivity contribution in [1.82, 2.24) is 9.88 Å². The van der Waals surface area contributed by atoms with Gasteiger partial charge in [-0.1, -0.05) is 32.6 Å². The van der Waals surface area contributed by atoms with Crippen LogP contribution < -0.4 is 0 Å². The fourth-order valence-corrected chi connectivity index (χ4v) is 2.40. The number of rotatable bonds is 10. The molecule has 118 valence electrons. The third-order valence-corrected chi connectivity index (χ3v) is 3.85. The van der Waals surface area contributed by atoms with Gasteiger partial charge in [-0.15, -0.1) is 0 Å². The molecule has 0 aliphatic rings. The second kappa shape index (κ2) is 10.7. The first kappa shape index (κ1) is 18.1. The van der Waals surface area contributed by atoms with E-state index in [1.807, 2.05) is 4.90 Å². The third-order valence-electron chi connectivity index (χ3n) is 3.38. The topological polar surface area (TPSA) is 53.4 Å². The normalized spacial score (nSPS) is 10.6. The molecule has 1 amide bonds. The SMILES string of the molecule is CCCCCCCN(CCCO)C(=O)c1ccc(Br)nc1. The lowest BCUT2D eigenvalue weighted by Gasteiger charge is -2.22. The van der Waals surface area contributed by atoms with Crippen molar-refractivity contribution >= 4 is 21.8 Å². The van der Waals surface area contributed by atoms with Gasteiger partial charge < -0.3 is 10.0 Å². The Bertz CT molecular complexity index is 409. The quantitative estimate of drug-likeness (QED) is 0.514. The van der Waals surface area contributed by atoms with Crippen molar-refractivity contribution in [3.8, 4) is 0 Å². The van der Waals surface area contributed by atoms with Crippen LogP contribution in [0.2, 0.25) is 0 Å². The maximum absolute atomic E-state index is 12.5. The Morgan fingerprint density at radius 1 is 1.19 bits per heavy atom. The number of aliphatic hydroxyl groups is 1. The maximum atomic E-state index is 12.5. The summed E-state index contributed by atoms with van der Waals surface area (Å²) in [6, 6.07) is 3.56. The molecule has 1 aromatic rings. The standard InChI is InChI=1S/C16H25BrN2O2/c1-2-3-4-5-6-10-19(11-7-12-20)16(21)14-8-9-15(17)18-13-14/h8-9,13,20H,2-7,10-12H2,1H3. The monoisotopic (exact) mass is 356 g/mol. The fraction of sp³-hybridized carbons (Fsp3) is 0.625. The Morgan fingerprint density at radius 3 is 2.52 bits per heavy atom. The molecule has 4 nitrogen and oxygen atoms in total. The fourth-order valence-electron chi connectivity index (χ4n) is 2.17. The minimum absolute atomic E-state index is 0.000980. The van der Waals surface area contributed by atoms with Gasteiger partial charge in [-0.2, -0.15) is 0 Å². The summed E-state index contributed by atoms with van der Waals surface area (Å²) in [5, 5.41) is 8.99. The average Bonchev–Trinajstić information content (AvgIpc) is 2.50. The van der Waals surface area contributed by atoms with Crippen molar-refractivity contribution in [2.45, 2.75) is 45.4 Å². The van der Waals surface area contributed by atoms with Gasteiger partial charge in [-0.3, -0.25) is 4.79 Å². The number of hydrogen-bond donors (Lipinski definition) is 1. The van der Waals surface area contributed by atoms with Gasteiger partial charge in [-0.05, 0) is 40.9 Å². The van der Waals surface area contributed by atoms with Gasteiger partial charge in [-0.25, -0.2) is 4.98 Å². The molecule has 0 radical (unpaired) electrons. The first-order chi connectivity index (χ1) is 10.2. The Morgan fingerprint density at radius 2 is 1.90 bits per heavy atom. The molecule has 0 aliphatic carbocycles. The van der Waals surface area contributed by atoms with Crippen LogP contribution in [0.3, 0.4) is 0 Å². The second-order valence-corrected chi connectivity index (χ2v) is 5.97. The minimum atomic E-state index is -0.000980. The van der Waals surface area contributed by atoms with E-state index in [1.165, 1.54) is 19.3 Å². The molecule has 1 heterocycles. The van der Waals surface area contributed by atoms with Crippen molar-refractivity contribution < 1.29 is 9.90 Å². The Kier molecular flexibility index (Phi) is 9.26. The molecule has 0 spiro atoms. The zero-order chi connectivity index (χ0) is 15.5. The Labute approximate surface area is 135 Å². The molecule has 0 unspecified atom stereocenters. The molecule has 0 saturated carbocycles. The zero-order valence-corrected chi connectivity index (χ0v) is 14.3. The molecular weight excluding hydrogens is 332 g/mol.